The van der Waals surface area contributed by atoms with Gasteiger partial charge >= 0.3 is 0 Å². The van der Waals surface area contributed by atoms with Gasteiger partial charge in [0.2, 0.25) is 0 Å². The second-order valence-corrected chi connectivity index (χ2v) is 7.85. The lowest BCUT2D eigenvalue weighted by atomic mass is 10.0. The van der Waals surface area contributed by atoms with Crippen LogP contribution in [0.1, 0.15) is 16.7 Å². The van der Waals surface area contributed by atoms with Gasteiger partial charge in [0, 0.05) is 10.6 Å². The largest absolute Gasteiger partial charge is 0.493 e. The number of methoxy groups -OCH3 is 1. The molecular formula is C23H15Cl4NO2. The summed E-state index contributed by atoms with van der Waals surface area (Å²) < 4.78 is 11.3. The third-order valence-electron chi connectivity index (χ3n) is 4.21. The summed E-state index contributed by atoms with van der Waals surface area (Å²) in [6.07, 6.45) is 1.69. The first-order valence-electron chi connectivity index (χ1n) is 8.74. The van der Waals surface area contributed by atoms with Crippen molar-refractivity contribution in [3.05, 3.63) is 91.4 Å². The molecular weight excluding hydrogens is 464 g/mol. The van der Waals surface area contributed by atoms with Gasteiger partial charge in [0.15, 0.2) is 11.5 Å². The molecule has 0 aliphatic carbocycles. The Morgan fingerprint density at radius 1 is 0.933 bits per heavy atom. The molecule has 0 amide bonds. The zero-order valence-electron chi connectivity index (χ0n) is 15.8. The van der Waals surface area contributed by atoms with E-state index >= 15 is 0 Å². The molecule has 0 bridgehead atoms. The van der Waals surface area contributed by atoms with Crippen molar-refractivity contribution in [2.45, 2.75) is 6.61 Å². The van der Waals surface area contributed by atoms with E-state index in [2.05, 4.69) is 6.07 Å². The fourth-order valence-corrected chi connectivity index (χ4v) is 3.60. The van der Waals surface area contributed by atoms with E-state index in [0.717, 1.165) is 5.56 Å². The standard InChI is InChI=1S/C23H15Cl4NO2/c1-29-22-11-15(8-16(12-28)17-4-2-3-5-18(17)24)10-21(27)23(22)30-13-14-6-7-19(25)20(26)9-14/h2-11H,13H2,1H3. The summed E-state index contributed by atoms with van der Waals surface area (Å²) >= 11 is 24.7. The number of benzene rings is 3. The lowest BCUT2D eigenvalue weighted by Gasteiger charge is -2.14. The van der Waals surface area contributed by atoms with Gasteiger partial charge in [-0.05, 0) is 47.5 Å². The Kier molecular flexibility index (Phi) is 7.53. The summed E-state index contributed by atoms with van der Waals surface area (Å²) in [5.74, 6) is 0.823. The van der Waals surface area contributed by atoms with E-state index in [1.54, 1.807) is 48.5 Å². The van der Waals surface area contributed by atoms with Crippen LogP contribution in [0.3, 0.4) is 0 Å². The van der Waals surface area contributed by atoms with Crippen LogP contribution in [0.25, 0.3) is 11.6 Å². The van der Waals surface area contributed by atoms with Gasteiger partial charge in [0.25, 0.3) is 0 Å². The molecule has 3 aromatic rings. The Labute approximate surface area is 195 Å². The molecule has 0 fully saturated rings. The van der Waals surface area contributed by atoms with Gasteiger partial charge in [-0.1, -0.05) is 70.7 Å². The maximum absolute atomic E-state index is 9.58. The van der Waals surface area contributed by atoms with E-state index in [-0.39, 0.29) is 6.61 Å². The predicted octanol–water partition coefficient (Wildman–Crippen LogP) is 7.95. The van der Waals surface area contributed by atoms with Gasteiger partial charge < -0.3 is 9.47 Å². The molecule has 7 heteroatoms. The van der Waals surface area contributed by atoms with Crippen LogP contribution in [-0.4, -0.2) is 7.11 Å². The zero-order chi connectivity index (χ0) is 21.7. The molecule has 0 radical (unpaired) electrons. The van der Waals surface area contributed by atoms with Crippen molar-refractivity contribution in [2.24, 2.45) is 0 Å². The third-order valence-corrected chi connectivity index (χ3v) is 5.56. The minimum absolute atomic E-state index is 0.227. The fraction of sp³-hybridized carbons (Fsp3) is 0.0870. The maximum atomic E-state index is 9.58. The second kappa shape index (κ2) is 10.1. The molecule has 0 aliphatic rings. The predicted molar refractivity (Wildman–Crippen MR) is 124 cm³/mol. The summed E-state index contributed by atoms with van der Waals surface area (Å²) in [4.78, 5) is 0. The van der Waals surface area contributed by atoms with Crippen molar-refractivity contribution in [3.8, 4) is 17.6 Å². The molecule has 0 unspecified atom stereocenters. The number of ether oxygens (including phenoxy) is 2. The average Bonchev–Trinajstić information content (AvgIpc) is 2.74. The number of hydrogen-bond donors (Lipinski definition) is 0. The van der Waals surface area contributed by atoms with Gasteiger partial charge in [0.05, 0.1) is 33.8 Å². The highest BCUT2D eigenvalue weighted by Gasteiger charge is 2.14. The molecule has 3 nitrogen and oxygen atoms in total. The van der Waals surface area contributed by atoms with Crippen LogP contribution in [-0.2, 0) is 6.61 Å². The van der Waals surface area contributed by atoms with E-state index in [4.69, 9.17) is 55.9 Å². The van der Waals surface area contributed by atoms with Crippen LogP contribution in [0.5, 0.6) is 11.5 Å². The summed E-state index contributed by atoms with van der Waals surface area (Å²) in [7, 11) is 1.52. The van der Waals surface area contributed by atoms with Crippen molar-refractivity contribution < 1.29 is 9.47 Å². The first kappa shape index (κ1) is 22.3. The first-order chi connectivity index (χ1) is 14.4. The molecule has 0 heterocycles. The number of hydrogen-bond acceptors (Lipinski definition) is 3. The van der Waals surface area contributed by atoms with Gasteiger partial charge in [-0.15, -0.1) is 0 Å². The highest BCUT2D eigenvalue weighted by Crippen LogP contribution is 2.38. The quantitative estimate of drug-likeness (QED) is 0.266. The topological polar surface area (TPSA) is 42.2 Å². The molecule has 0 saturated heterocycles. The number of nitriles is 1. The Morgan fingerprint density at radius 2 is 1.70 bits per heavy atom. The molecule has 3 aromatic carbocycles. The summed E-state index contributed by atoms with van der Waals surface area (Å²) in [6.45, 7) is 0.227. The van der Waals surface area contributed by atoms with E-state index in [9.17, 15) is 5.26 Å². The second-order valence-electron chi connectivity index (χ2n) is 6.22. The molecule has 0 saturated carbocycles. The van der Waals surface area contributed by atoms with Crippen molar-refractivity contribution in [1.29, 1.82) is 5.26 Å². The maximum Gasteiger partial charge on any atom is 0.180 e. The van der Waals surface area contributed by atoms with Crippen LogP contribution in [0.15, 0.2) is 54.6 Å². The highest BCUT2D eigenvalue weighted by atomic mass is 35.5. The smallest absolute Gasteiger partial charge is 0.180 e. The summed E-state index contributed by atoms with van der Waals surface area (Å²) in [5.41, 5.74) is 2.55. The molecule has 0 aromatic heterocycles. The van der Waals surface area contributed by atoms with Crippen molar-refractivity contribution >= 4 is 58.1 Å². The van der Waals surface area contributed by atoms with Crippen LogP contribution >= 0.6 is 46.4 Å². The molecule has 0 spiro atoms. The summed E-state index contributed by atoms with van der Waals surface area (Å²) in [5, 5.41) is 11.3. The van der Waals surface area contributed by atoms with Crippen LogP contribution in [0.4, 0.5) is 0 Å². The highest BCUT2D eigenvalue weighted by molar-refractivity contribution is 6.42. The normalized spacial score (nSPS) is 11.1. The van der Waals surface area contributed by atoms with E-state index in [1.807, 2.05) is 12.1 Å². The van der Waals surface area contributed by atoms with Gasteiger partial charge in [-0.25, -0.2) is 0 Å². The van der Waals surface area contributed by atoms with Crippen LogP contribution in [0, 0.1) is 11.3 Å². The van der Waals surface area contributed by atoms with Crippen molar-refractivity contribution in [2.75, 3.05) is 7.11 Å². The number of halogens is 4. The van der Waals surface area contributed by atoms with Crippen molar-refractivity contribution in [1.82, 2.24) is 0 Å². The van der Waals surface area contributed by atoms with E-state index in [1.165, 1.54) is 7.11 Å². The number of allylic oxidation sites excluding steroid dienone is 1. The third kappa shape index (κ3) is 5.22. The molecule has 0 aliphatic heterocycles. The van der Waals surface area contributed by atoms with Gasteiger partial charge in [-0.2, -0.15) is 5.26 Å². The molecule has 152 valence electrons. The number of nitrogens with zero attached hydrogens (tertiary/aromatic N) is 1. The SMILES string of the molecule is COc1cc(C=C(C#N)c2ccccc2Cl)cc(Cl)c1OCc1ccc(Cl)c(Cl)c1. The van der Waals surface area contributed by atoms with E-state index in [0.29, 0.717) is 48.3 Å². The minimum atomic E-state index is 0.227. The van der Waals surface area contributed by atoms with Gasteiger partial charge in [-0.3, -0.25) is 0 Å². The Morgan fingerprint density at radius 3 is 2.37 bits per heavy atom. The number of rotatable bonds is 6. The first-order valence-corrected chi connectivity index (χ1v) is 10.2. The van der Waals surface area contributed by atoms with Crippen LogP contribution in [0.2, 0.25) is 20.1 Å². The molecule has 3 rings (SSSR count). The zero-order valence-corrected chi connectivity index (χ0v) is 18.8. The minimum Gasteiger partial charge on any atom is -0.493 e. The lowest BCUT2D eigenvalue weighted by molar-refractivity contribution is 0.284. The molecule has 0 N–H and O–H groups in total. The monoisotopic (exact) mass is 477 g/mol. The lowest BCUT2D eigenvalue weighted by Crippen LogP contribution is -1.99. The fourth-order valence-electron chi connectivity index (χ4n) is 2.76. The Balaban J connectivity index is 1.91. The van der Waals surface area contributed by atoms with E-state index < -0.39 is 0 Å². The Bertz CT molecular complexity index is 1150. The molecule has 30 heavy (non-hydrogen) atoms. The molecule has 0 atom stereocenters. The average molecular weight is 479 g/mol. The van der Waals surface area contributed by atoms with Crippen LogP contribution < -0.4 is 9.47 Å². The summed E-state index contributed by atoms with van der Waals surface area (Å²) in [6, 6.07) is 18.0. The Hall–Kier alpha value is -2.35. The van der Waals surface area contributed by atoms with Gasteiger partial charge in [0.1, 0.15) is 6.61 Å². The van der Waals surface area contributed by atoms with Crippen molar-refractivity contribution in [3.63, 3.8) is 0 Å².